The van der Waals surface area contributed by atoms with E-state index in [9.17, 15) is 4.79 Å². The maximum absolute atomic E-state index is 13.5. The smallest absolute Gasteiger partial charge is 0.255 e. The van der Waals surface area contributed by atoms with Gasteiger partial charge in [0.2, 0.25) is 0 Å². The quantitative estimate of drug-likeness (QED) is 0.0964. The van der Waals surface area contributed by atoms with Crippen LogP contribution < -0.4 is 42.5 Å². The van der Waals surface area contributed by atoms with Crippen LogP contribution in [0.25, 0.3) is 0 Å². The molecule has 0 bridgehead atoms. The Kier molecular flexibility index (Phi) is 11.2. The van der Waals surface area contributed by atoms with Gasteiger partial charge in [-0.25, -0.2) is 11.7 Å². The molecular formula is C31H48N8O2S. The zero-order valence-electron chi connectivity index (χ0n) is 26.2. The van der Waals surface area contributed by atoms with Crippen molar-refractivity contribution in [3.05, 3.63) is 70.2 Å². The first kappa shape index (κ1) is 33.1. The third-order valence-corrected chi connectivity index (χ3v) is 8.14. The van der Waals surface area contributed by atoms with E-state index in [1.807, 2.05) is 50.2 Å². The van der Waals surface area contributed by atoms with Gasteiger partial charge in [-0.15, -0.1) is 0 Å². The molecule has 1 fully saturated rings. The molecule has 1 amide bonds. The SMILES string of the molecule is COc1c(NSC)cc(C(C)(C)C)cc1NC(=O)c1ccc(C)c(N(N)/C=C(N)/C(C)=C(\C)N(N)C2CCNCC2)c1. The Balaban J connectivity index is 1.89. The number of aryl methyl sites for hydroxylation is 1. The summed E-state index contributed by atoms with van der Waals surface area (Å²) in [5.41, 5.74) is 13.0. The van der Waals surface area contributed by atoms with E-state index in [1.54, 1.807) is 25.4 Å². The van der Waals surface area contributed by atoms with Gasteiger partial charge >= 0.3 is 0 Å². The van der Waals surface area contributed by atoms with Gasteiger partial charge in [0.15, 0.2) is 5.75 Å². The van der Waals surface area contributed by atoms with Gasteiger partial charge in [-0.05, 0) is 93.1 Å². The second kappa shape index (κ2) is 14.2. The molecule has 0 radical (unpaired) electrons. The highest BCUT2D eigenvalue weighted by Crippen LogP contribution is 2.39. The van der Waals surface area contributed by atoms with Crippen LogP contribution in [0.3, 0.4) is 0 Å². The number of rotatable bonds is 10. The first-order valence-electron chi connectivity index (χ1n) is 14.2. The number of carbonyl (C=O) groups is 1. The first-order chi connectivity index (χ1) is 19.8. The summed E-state index contributed by atoms with van der Waals surface area (Å²) in [6, 6.07) is 9.66. The van der Waals surface area contributed by atoms with Crippen molar-refractivity contribution in [2.24, 2.45) is 17.4 Å². The fourth-order valence-electron chi connectivity index (χ4n) is 4.86. The lowest BCUT2D eigenvalue weighted by Crippen LogP contribution is -2.46. The molecule has 2 aromatic carbocycles. The van der Waals surface area contributed by atoms with Crippen LogP contribution in [0.1, 0.15) is 68.9 Å². The van der Waals surface area contributed by atoms with E-state index in [-0.39, 0.29) is 17.4 Å². The standard InChI is InChI=1S/C31H48N8O2S/c1-19-9-10-22(30(40)36-26-16-23(31(4,5)6)17-27(37-42-8)29(26)41-7)15-28(19)38(33)18-25(32)20(2)21(3)39(34)24-11-13-35-14-12-24/h9-10,15-18,24,35,37H,11-14,32-34H2,1-8H3,(H,36,40)/b21-20+,25-18-. The van der Waals surface area contributed by atoms with Crippen molar-refractivity contribution in [2.75, 3.05) is 41.5 Å². The lowest BCUT2D eigenvalue weighted by molar-refractivity contribution is 0.102. The summed E-state index contributed by atoms with van der Waals surface area (Å²) in [4.78, 5) is 13.5. The molecule has 42 heavy (non-hydrogen) atoms. The molecule has 1 heterocycles. The second-order valence-electron chi connectivity index (χ2n) is 11.7. The summed E-state index contributed by atoms with van der Waals surface area (Å²) < 4.78 is 8.96. The van der Waals surface area contributed by atoms with Gasteiger partial charge in [-0.1, -0.05) is 38.8 Å². The predicted molar refractivity (Wildman–Crippen MR) is 177 cm³/mol. The molecule has 1 aliphatic rings. The molecular weight excluding hydrogens is 548 g/mol. The van der Waals surface area contributed by atoms with Crippen LogP contribution in [0, 0.1) is 6.92 Å². The third-order valence-electron chi connectivity index (χ3n) is 7.71. The highest BCUT2D eigenvalue weighted by molar-refractivity contribution is 7.99. The van der Waals surface area contributed by atoms with Crippen LogP contribution in [0.2, 0.25) is 0 Å². The summed E-state index contributed by atoms with van der Waals surface area (Å²) in [5, 5.41) is 9.68. The Labute approximate surface area is 255 Å². The monoisotopic (exact) mass is 596 g/mol. The molecule has 2 aromatic rings. The normalized spacial score (nSPS) is 15.1. The Hall–Kier alpha value is -3.38. The number of hydrogen-bond donors (Lipinski definition) is 6. The fraction of sp³-hybridized carbons (Fsp3) is 0.452. The number of piperidine rings is 1. The molecule has 230 valence electrons. The van der Waals surface area contributed by atoms with E-state index in [1.165, 1.54) is 17.0 Å². The molecule has 0 saturated carbocycles. The maximum Gasteiger partial charge on any atom is 0.255 e. The van der Waals surface area contributed by atoms with Crippen molar-refractivity contribution in [3.8, 4) is 5.75 Å². The number of benzene rings is 2. The zero-order valence-corrected chi connectivity index (χ0v) is 27.0. The minimum atomic E-state index is -0.284. The summed E-state index contributed by atoms with van der Waals surface area (Å²) in [7, 11) is 1.59. The van der Waals surface area contributed by atoms with E-state index in [0.29, 0.717) is 28.4 Å². The minimum Gasteiger partial charge on any atom is -0.492 e. The zero-order chi connectivity index (χ0) is 31.2. The summed E-state index contributed by atoms with van der Waals surface area (Å²) in [6.07, 6.45) is 5.55. The van der Waals surface area contributed by atoms with Crippen molar-refractivity contribution in [2.45, 2.75) is 65.8 Å². The van der Waals surface area contributed by atoms with E-state index in [2.05, 4.69) is 36.1 Å². The third kappa shape index (κ3) is 7.91. The number of methoxy groups -OCH3 is 1. The molecule has 10 nitrogen and oxygen atoms in total. The largest absolute Gasteiger partial charge is 0.492 e. The summed E-state index contributed by atoms with van der Waals surface area (Å²) >= 11 is 1.46. The van der Waals surface area contributed by atoms with Gasteiger partial charge in [0.05, 0.1) is 29.9 Å². The van der Waals surface area contributed by atoms with Gasteiger partial charge in [-0.3, -0.25) is 9.80 Å². The topological polar surface area (TPSA) is 147 Å². The molecule has 0 unspecified atom stereocenters. The Bertz CT molecular complexity index is 1330. The average molecular weight is 597 g/mol. The van der Waals surface area contributed by atoms with Crippen molar-refractivity contribution >= 4 is 34.9 Å². The number of hydrazine groups is 2. The predicted octanol–water partition coefficient (Wildman–Crippen LogP) is 4.95. The van der Waals surface area contributed by atoms with Gasteiger partial charge in [0, 0.05) is 29.8 Å². The number of nitrogens with two attached hydrogens (primary N) is 3. The van der Waals surface area contributed by atoms with Gasteiger partial charge in [-0.2, -0.15) is 0 Å². The van der Waals surface area contributed by atoms with Crippen molar-refractivity contribution in [1.82, 2.24) is 10.3 Å². The number of hydrogen-bond acceptors (Lipinski definition) is 10. The highest BCUT2D eigenvalue weighted by atomic mass is 32.2. The van der Waals surface area contributed by atoms with E-state index < -0.39 is 0 Å². The molecule has 11 heteroatoms. The van der Waals surface area contributed by atoms with Crippen LogP contribution in [0.4, 0.5) is 17.1 Å². The molecule has 0 aromatic heterocycles. The van der Waals surface area contributed by atoms with Crippen LogP contribution in [-0.4, -0.2) is 43.4 Å². The number of carbonyl (C=O) groups excluding carboxylic acids is 1. The molecule has 0 spiro atoms. The van der Waals surface area contributed by atoms with Crippen molar-refractivity contribution in [3.63, 3.8) is 0 Å². The number of ether oxygens (including phenoxy) is 1. The van der Waals surface area contributed by atoms with E-state index in [0.717, 1.165) is 54.0 Å². The lowest BCUT2D eigenvalue weighted by atomic mass is 9.86. The van der Waals surface area contributed by atoms with Crippen molar-refractivity contribution in [1.29, 1.82) is 0 Å². The number of anilines is 3. The number of nitrogens with one attached hydrogen (secondary N) is 3. The van der Waals surface area contributed by atoms with E-state index >= 15 is 0 Å². The number of nitrogens with zero attached hydrogens (tertiary/aromatic N) is 2. The molecule has 3 rings (SSSR count). The molecule has 0 aliphatic carbocycles. The number of amides is 1. The van der Waals surface area contributed by atoms with Crippen LogP contribution in [0.5, 0.6) is 5.75 Å². The Morgan fingerprint density at radius 3 is 2.36 bits per heavy atom. The Morgan fingerprint density at radius 1 is 1.12 bits per heavy atom. The van der Waals surface area contributed by atoms with Crippen LogP contribution in [0.15, 0.2) is 53.5 Å². The molecule has 0 atom stereocenters. The van der Waals surface area contributed by atoms with E-state index in [4.69, 9.17) is 22.2 Å². The fourth-order valence-corrected chi connectivity index (χ4v) is 5.23. The molecule has 1 saturated heterocycles. The van der Waals surface area contributed by atoms with Crippen molar-refractivity contribution < 1.29 is 9.53 Å². The second-order valence-corrected chi connectivity index (χ2v) is 12.3. The average Bonchev–Trinajstić information content (AvgIpc) is 2.96. The van der Waals surface area contributed by atoms with Gasteiger partial charge in [0.1, 0.15) is 0 Å². The molecule has 9 N–H and O–H groups in total. The number of allylic oxidation sites excluding steroid dienone is 2. The van der Waals surface area contributed by atoms with Crippen LogP contribution >= 0.6 is 11.9 Å². The summed E-state index contributed by atoms with van der Waals surface area (Å²) in [6.45, 7) is 14.1. The highest BCUT2D eigenvalue weighted by Gasteiger charge is 2.22. The minimum absolute atomic E-state index is 0.136. The maximum atomic E-state index is 13.5. The van der Waals surface area contributed by atoms with Crippen LogP contribution in [-0.2, 0) is 5.41 Å². The Morgan fingerprint density at radius 2 is 1.76 bits per heavy atom. The lowest BCUT2D eigenvalue weighted by Gasteiger charge is -2.34. The van der Waals surface area contributed by atoms with Gasteiger partial charge in [0.25, 0.3) is 5.91 Å². The van der Waals surface area contributed by atoms with Gasteiger partial charge < -0.3 is 30.8 Å². The molecule has 1 aliphatic heterocycles. The first-order valence-corrected chi connectivity index (χ1v) is 15.4. The summed E-state index contributed by atoms with van der Waals surface area (Å²) in [5.74, 6) is 13.2.